The maximum absolute atomic E-state index is 13.5. The topological polar surface area (TPSA) is 145 Å². The minimum atomic E-state index is -1.26. The van der Waals surface area contributed by atoms with E-state index >= 15 is 0 Å². The molecule has 1 aliphatic heterocycles. The van der Waals surface area contributed by atoms with Crippen LogP contribution < -0.4 is 10.5 Å². The van der Waals surface area contributed by atoms with Gasteiger partial charge in [0, 0.05) is 30.3 Å². The lowest BCUT2D eigenvalue weighted by Crippen LogP contribution is -2.36. The molecule has 0 bridgehead atoms. The van der Waals surface area contributed by atoms with Gasteiger partial charge in [-0.05, 0) is 97.9 Å². The van der Waals surface area contributed by atoms with E-state index in [-0.39, 0.29) is 23.0 Å². The van der Waals surface area contributed by atoms with Gasteiger partial charge in [0.05, 0.1) is 6.61 Å². The number of aliphatic carboxylic acids is 2. The number of nitrogens with zero attached hydrogens (tertiary/aromatic N) is 1. The first-order valence-corrected chi connectivity index (χ1v) is 13.1. The van der Waals surface area contributed by atoms with Gasteiger partial charge in [0.1, 0.15) is 17.4 Å². The number of benzene rings is 3. The van der Waals surface area contributed by atoms with Gasteiger partial charge in [-0.3, -0.25) is 0 Å². The Balaban J connectivity index is 0.000000574. The monoisotopic (exact) mass is 570 g/mol. The molecule has 0 spiro atoms. The van der Waals surface area contributed by atoms with Gasteiger partial charge in [0.2, 0.25) is 0 Å². The van der Waals surface area contributed by atoms with E-state index in [0.29, 0.717) is 24.7 Å². The van der Waals surface area contributed by atoms with E-state index in [1.54, 1.807) is 0 Å². The number of nitrogen functional groups attached to an aromatic ring is 1. The Hall–Kier alpha value is -4.28. The lowest BCUT2D eigenvalue weighted by Gasteiger charge is -2.36. The first-order chi connectivity index (χ1) is 19.2. The Bertz CT molecular complexity index is 1180. The summed E-state index contributed by atoms with van der Waals surface area (Å²) >= 11 is 0. The minimum absolute atomic E-state index is 0. The number of anilines is 1. The third-order valence-electron chi connectivity index (χ3n) is 6.70. The molecule has 6 N–H and O–H groups in total. The molecule has 0 aliphatic carbocycles. The van der Waals surface area contributed by atoms with E-state index in [9.17, 15) is 18.4 Å². The summed E-state index contributed by atoms with van der Waals surface area (Å²) in [5.74, 6) is -1.55. The lowest BCUT2D eigenvalue weighted by molar-refractivity contribution is -0.134. The van der Waals surface area contributed by atoms with Gasteiger partial charge >= 0.3 is 11.9 Å². The van der Waals surface area contributed by atoms with Crippen LogP contribution in [0.5, 0.6) is 5.75 Å². The molecule has 1 aliphatic rings. The second-order valence-corrected chi connectivity index (χ2v) is 9.54. The molecule has 1 saturated heterocycles. The number of hydrogen-bond donors (Lipinski definition) is 3. The standard InChI is InChI=1S/C27H30F2N2O.C4H4O4.H2O/c28-23-6-2-20(3-7-23)27(21-4-8-24(29)9-5-21)22-14-17-31(18-15-22)16-1-19-32-26-12-10-25(30)11-13-26;5-3(6)1-2-4(7)8;/h2-13,22,27H,1,14-19,30H2;1-2H,(H,5,6)(H,7,8);1H2/b;2-1+;. The van der Waals surface area contributed by atoms with E-state index in [1.807, 2.05) is 48.5 Å². The molecular weight excluding hydrogens is 534 g/mol. The molecule has 3 aromatic rings. The summed E-state index contributed by atoms with van der Waals surface area (Å²) in [5, 5.41) is 15.6. The van der Waals surface area contributed by atoms with E-state index in [1.165, 1.54) is 24.3 Å². The number of piperidine rings is 1. The summed E-state index contributed by atoms with van der Waals surface area (Å²) in [6.45, 7) is 3.72. The van der Waals surface area contributed by atoms with Crippen LogP contribution in [0.1, 0.15) is 36.3 Å². The highest BCUT2D eigenvalue weighted by molar-refractivity contribution is 5.89. The Labute approximate surface area is 238 Å². The summed E-state index contributed by atoms with van der Waals surface area (Å²) in [6, 6.07) is 21.0. The van der Waals surface area contributed by atoms with Crippen molar-refractivity contribution in [2.24, 2.45) is 5.92 Å². The lowest BCUT2D eigenvalue weighted by atomic mass is 9.76. The number of ether oxygens (including phenoxy) is 1. The van der Waals surface area contributed by atoms with Crippen LogP contribution in [0.2, 0.25) is 0 Å². The predicted octanol–water partition coefficient (Wildman–Crippen LogP) is 4.75. The molecule has 4 rings (SSSR count). The van der Waals surface area contributed by atoms with Crippen LogP contribution in [-0.2, 0) is 9.59 Å². The fourth-order valence-electron chi connectivity index (χ4n) is 4.77. The van der Waals surface area contributed by atoms with Crippen LogP contribution in [0.3, 0.4) is 0 Å². The van der Waals surface area contributed by atoms with Gasteiger partial charge < -0.3 is 31.1 Å². The third kappa shape index (κ3) is 11.4. The number of likely N-dealkylation sites (tertiary alicyclic amines) is 1. The van der Waals surface area contributed by atoms with Gasteiger partial charge in [0.15, 0.2) is 0 Å². The van der Waals surface area contributed by atoms with Crippen LogP contribution in [0.4, 0.5) is 14.5 Å². The molecule has 10 heteroatoms. The van der Waals surface area contributed by atoms with Crippen molar-refractivity contribution < 1.29 is 38.8 Å². The normalized spacial score (nSPS) is 13.7. The summed E-state index contributed by atoms with van der Waals surface area (Å²) in [6.07, 6.45) is 4.19. The molecule has 220 valence electrons. The summed E-state index contributed by atoms with van der Waals surface area (Å²) < 4.78 is 32.8. The second-order valence-electron chi connectivity index (χ2n) is 9.54. The SMILES string of the molecule is Nc1ccc(OCCCN2CCC(C(c3ccc(F)cc3)c3ccc(F)cc3)CC2)cc1.O.O=C(O)/C=C/C(=O)O. The predicted molar refractivity (Wildman–Crippen MR) is 153 cm³/mol. The summed E-state index contributed by atoms with van der Waals surface area (Å²) in [4.78, 5) is 21.6. The fraction of sp³-hybridized carbons (Fsp3) is 0.290. The first-order valence-electron chi connectivity index (χ1n) is 13.1. The van der Waals surface area contributed by atoms with Crippen LogP contribution in [-0.4, -0.2) is 58.8 Å². The quantitative estimate of drug-likeness (QED) is 0.181. The molecular formula is C31H36F2N2O6. The van der Waals surface area contributed by atoms with Crippen molar-refractivity contribution in [3.63, 3.8) is 0 Å². The second kappa shape index (κ2) is 16.7. The highest BCUT2D eigenvalue weighted by Gasteiger charge is 2.29. The Morgan fingerprint density at radius 1 is 0.854 bits per heavy atom. The number of hydrogen-bond acceptors (Lipinski definition) is 5. The molecule has 1 fully saturated rings. The highest BCUT2D eigenvalue weighted by atomic mass is 19.1. The number of carbonyl (C=O) groups is 2. The molecule has 0 unspecified atom stereocenters. The number of halogens is 2. The number of carboxylic acid groups (broad SMARTS) is 2. The van der Waals surface area contributed by atoms with E-state index < -0.39 is 11.9 Å². The van der Waals surface area contributed by atoms with E-state index in [4.69, 9.17) is 20.7 Å². The van der Waals surface area contributed by atoms with Gasteiger partial charge in [-0.2, -0.15) is 0 Å². The van der Waals surface area contributed by atoms with Gasteiger partial charge in [0.25, 0.3) is 0 Å². The number of nitrogens with two attached hydrogens (primary N) is 1. The summed E-state index contributed by atoms with van der Waals surface area (Å²) in [5.41, 5.74) is 8.62. The van der Waals surface area contributed by atoms with Crippen LogP contribution >= 0.6 is 0 Å². The minimum Gasteiger partial charge on any atom is -0.494 e. The summed E-state index contributed by atoms with van der Waals surface area (Å²) in [7, 11) is 0. The van der Waals surface area contributed by atoms with Crippen molar-refractivity contribution in [1.29, 1.82) is 0 Å². The molecule has 8 nitrogen and oxygen atoms in total. The maximum atomic E-state index is 13.5. The molecule has 3 aromatic carbocycles. The number of carboxylic acids is 2. The Morgan fingerprint density at radius 3 is 1.76 bits per heavy atom. The van der Waals surface area contributed by atoms with Crippen molar-refractivity contribution in [3.05, 3.63) is 108 Å². The molecule has 0 radical (unpaired) electrons. The molecule has 0 amide bonds. The maximum Gasteiger partial charge on any atom is 0.328 e. The van der Waals surface area contributed by atoms with Gasteiger partial charge in [-0.1, -0.05) is 24.3 Å². The van der Waals surface area contributed by atoms with Crippen molar-refractivity contribution in [1.82, 2.24) is 4.90 Å². The van der Waals surface area contributed by atoms with Crippen LogP contribution in [0, 0.1) is 17.6 Å². The fourth-order valence-corrected chi connectivity index (χ4v) is 4.77. The zero-order valence-corrected chi connectivity index (χ0v) is 22.6. The molecule has 0 saturated carbocycles. The largest absolute Gasteiger partial charge is 0.494 e. The smallest absolute Gasteiger partial charge is 0.328 e. The van der Waals surface area contributed by atoms with Crippen LogP contribution in [0.25, 0.3) is 0 Å². The average molecular weight is 571 g/mol. The van der Waals surface area contributed by atoms with Gasteiger partial charge in [-0.15, -0.1) is 0 Å². The van der Waals surface area contributed by atoms with Crippen LogP contribution in [0.15, 0.2) is 84.9 Å². The highest BCUT2D eigenvalue weighted by Crippen LogP contribution is 2.38. The molecule has 0 atom stereocenters. The third-order valence-corrected chi connectivity index (χ3v) is 6.70. The van der Waals surface area contributed by atoms with E-state index in [0.717, 1.165) is 61.5 Å². The zero-order valence-electron chi connectivity index (χ0n) is 22.6. The Morgan fingerprint density at radius 2 is 1.32 bits per heavy atom. The molecule has 1 heterocycles. The van der Waals surface area contributed by atoms with Crippen molar-refractivity contribution in [2.45, 2.75) is 25.2 Å². The Kier molecular flexibility index (Phi) is 13.4. The number of rotatable bonds is 10. The van der Waals surface area contributed by atoms with Crippen molar-refractivity contribution in [3.8, 4) is 5.75 Å². The van der Waals surface area contributed by atoms with Crippen molar-refractivity contribution >= 4 is 17.6 Å². The first kappa shape index (κ1) is 32.9. The molecule has 0 aromatic heterocycles. The van der Waals surface area contributed by atoms with E-state index in [2.05, 4.69) is 4.90 Å². The van der Waals surface area contributed by atoms with Crippen molar-refractivity contribution in [2.75, 3.05) is 32.0 Å². The molecule has 41 heavy (non-hydrogen) atoms. The van der Waals surface area contributed by atoms with Gasteiger partial charge in [-0.25, -0.2) is 18.4 Å². The average Bonchev–Trinajstić information content (AvgIpc) is 2.94. The zero-order chi connectivity index (χ0) is 28.9.